The number of esters is 1. The largest absolute Gasteiger partial charge is 0.493 e. The molecule has 0 unspecified atom stereocenters. The highest BCUT2D eigenvalue weighted by Crippen LogP contribution is 2.40. The maximum atomic E-state index is 11.4. The van der Waals surface area contributed by atoms with Crippen molar-refractivity contribution in [3.05, 3.63) is 17.9 Å². The van der Waals surface area contributed by atoms with Crippen molar-refractivity contribution in [2.75, 3.05) is 27.1 Å². The van der Waals surface area contributed by atoms with Gasteiger partial charge in [0.05, 0.1) is 21.3 Å². The van der Waals surface area contributed by atoms with E-state index in [1.165, 1.54) is 27.4 Å². The molecule has 0 aliphatic rings. The molecule has 2 aromatic rings. The second-order valence-electron chi connectivity index (χ2n) is 3.55. The van der Waals surface area contributed by atoms with Gasteiger partial charge in [0, 0.05) is 23.2 Å². The Morgan fingerprint density at radius 1 is 1.22 bits per heavy atom. The van der Waals surface area contributed by atoms with Crippen LogP contribution in [0.3, 0.4) is 0 Å². The van der Waals surface area contributed by atoms with Crippen LogP contribution >= 0.6 is 0 Å². The van der Waals surface area contributed by atoms with Gasteiger partial charge in [-0.1, -0.05) is 0 Å². The fourth-order valence-corrected chi connectivity index (χ4v) is 1.72. The van der Waals surface area contributed by atoms with E-state index in [-0.39, 0.29) is 5.76 Å². The van der Waals surface area contributed by atoms with Crippen LogP contribution in [0.2, 0.25) is 0 Å². The van der Waals surface area contributed by atoms with Gasteiger partial charge in [0.1, 0.15) is 0 Å². The first-order valence-electron chi connectivity index (χ1n) is 5.14. The number of methoxy groups -OCH3 is 3. The second kappa shape index (κ2) is 4.48. The monoisotopic (exact) mass is 251 g/mol. The van der Waals surface area contributed by atoms with Crippen LogP contribution in [0, 0.1) is 0 Å². The van der Waals surface area contributed by atoms with E-state index in [2.05, 4.69) is 4.74 Å². The third-order valence-electron chi connectivity index (χ3n) is 2.57. The molecule has 0 aliphatic heterocycles. The fourth-order valence-electron chi connectivity index (χ4n) is 1.72. The highest BCUT2D eigenvalue weighted by atomic mass is 16.5. The first-order chi connectivity index (χ1) is 8.62. The summed E-state index contributed by atoms with van der Waals surface area (Å²) in [4.78, 5) is 11.4. The summed E-state index contributed by atoms with van der Waals surface area (Å²) in [6.07, 6.45) is 0. The Morgan fingerprint density at radius 3 is 2.50 bits per heavy atom. The third-order valence-corrected chi connectivity index (χ3v) is 2.57. The zero-order valence-corrected chi connectivity index (χ0v) is 10.3. The van der Waals surface area contributed by atoms with Gasteiger partial charge in [0.2, 0.25) is 11.5 Å². The lowest BCUT2D eigenvalue weighted by Gasteiger charge is -2.08. The van der Waals surface area contributed by atoms with Gasteiger partial charge < -0.3 is 24.4 Å². The van der Waals surface area contributed by atoms with Crippen LogP contribution in [0.5, 0.6) is 11.5 Å². The molecule has 0 atom stereocenters. The molecule has 0 amide bonds. The molecule has 1 aromatic carbocycles. The Labute approximate surface area is 103 Å². The Balaban J connectivity index is 2.74. The molecule has 6 nitrogen and oxygen atoms in total. The molecule has 0 aliphatic carbocycles. The Bertz CT molecular complexity index is 602. The number of carbonyl (C=O) groups excluding carboxylic acids is 1. The third kappa shape index (κ3) is 1.71. The average Bonchev–Trinajstić information content (AvgIpc) is 2.83. The Kier molecular flexibility index (Phi) is 3.01. The molecule has 1 heterocycles. The number of rotatable bonds is 3. The lowest BCUT2D eigenvalue weighted by atomic mass is 10.2. The normalized spacial score (nSPS) is 10.4. The molecule has 0 saturated carbocycles. The molecular weight excluding hydrogens is 238 g/mol. The predicted octanol–water partition coefficient (Wildman–Crippen LogP) is 1.82. The zero-order chi connectivity index (χ0) is 13.3. The van der Waals surface area contributed by atoms with Crippen molar-refractivity contribution in [3.63, 3.8) is 0 Å². The Hall–Kier alpha value is -2.37. The summed E-state index contributed by atoms with van der Waals surface area (Å²) in [5.74, 6) is 0.308. The molecule has 0 radical (unpaired) electrons. The van der Waals surface area contributed by atoms with Crippen LogP contribution in [-0.2, 0) is 4.74 Å². The highest BCUT2D eigenvalue weighted by Gasteiger charge is 2.20. The number of hydrogen-bond donors (Lipinski definition) is 1. The van der Waals surface area contributed by atoms with E-state index in [0.717, 1.165) is 0 Å². The van der Waals surface area contributed by atoms with Crippen molar-refractivity contribution >= 4 is 22.6 Å². The van der Waals surface area contributed by atoms with E-state index < -0.39 is 5.97 Å². The van der Waals surface area contributed by atoms with Gasteiger partial charge in [-0.2, -0.15) is 0 Å². The van der Waals surface area contributed by atoms with Gasteiger partial charge in [0.15, 0.2) is 11.3 Å². The summed E-state index contributed by atoms with van der Waals surface area (Å²) in [7, 11) is 4.25. The van der Waals surface area contributed by atoms with E-state index >= 15 is 0 Å². The topological polar surface area (TPSA) is 83.9 Å². The van der Waals surface area contributed by atoms with E-state index in [1.807, 2.05) is 0 Å². The molecule has 0 saturated heterocycles. The van der Waals surface area contributed by atoms with Crippen LogP contribution in [0.4, 0.5) is 5.69 Å². The lowest BCUT2D eigenvalue weighted by molar-refractivity contribution is 0.0567. The van der Waals surface area contributed by atoms with E-state index in [4.69, 9.17) is 19.6 Å². The number of fused-ring (bicyclic) bond motifs is 1. The minimum absolute atomic E-state index is 0.0609. The SMILES string of the molecule is COC(=O)c1cc2c(N)cc(OC)c(OC)c2o1. The second-order valence-corrected chi connectivity index (χ2v) is 3.55. The standard InChI is InChI=1S/C12H13NO5/c1-15-8-5-7(13)6-4-9(12(14)17-3)18-10(6)11(8)16-2/h4-5H,13H2,1-3H3. The number of nitrogen functional groups attached to an aromatic ring is 1. The zero-order valence-electron chi connectivity index (χ0n) is 10.3. The average molecular weight is 251 g/mol. The number of furan rings is 1. The Morgan fingerprint density at radius 2 is 1.94 bits per heavy atom. The van der Waals surface area contributed by atoms with Gasteiger partial charge in [0.25, 0.3) is 0 Å². The number of hydrogen-bond acceptors (Lipinski definition) is 6. The number of nitrogens with two attached hydrogens (primary N) is 1. The minimum Gasteiger partial charge on any atom is -0.493 e. The molecule has 0 bridgehead atoms. The van der Waals surface area contributed by atoms with Crippen molar-refractivity contribution in [1.29, 1.82) is 0 Å². The number of benzene rings is 1. The summed E-state index contributed by atoms with van der Waals surface area (Å²) in [5.41, 5.74) is 6.65. The first kappa shape index (κ1) is 12.1. The number of carbonyl (C=O) groups is 1. The van der Waals surface area contributed by atoms with E-state index in [9.17, 15) is 4.79 Å². The predicted molar refractivity (Wildman–Crippen MR) is 65.1 cm³/mol. The van der Waals surface area contributed by atoms with Gasteiger partial charge in [-0.3, -0.25) is 0 Å². The first-order valence-corrected chi connectivity index (χ1v) is 5.14. The van der Waals surface area contributed by atoms with Crippen LogP contribution in [0.1, 0.15) is 10.6 Å². The minimum atomic E-state index is -0.577. The molecule has 1 aromatic heterocycles. The summed E-state index contributed by atoms with van der Waals surface area (Å²) >= 11 is 0. The van der Waals surface area contributed by atoms with Gasteiger partial charge in [-0.05, 0) is 0 Å². The molecule has 0 spiro atoms. The number of ether oxygens (including phenoxy) is 3. The molecule has 96 valence electrons. The van der Waals surface area contributed by atoms with Gasteiger partial charge in [-0.15, -0.1) is 0 Å². The fraction of sp³-hybridized carbons (Fsp3) is 0.250. The number of anilines is 1. The van der Waals surface area contributed by atoms with Gasteiger partial charge in [-0.25, -0.2) is 4.79 Å². The molecular formula is C12H13NO5. The summed E-state index contributed by atoms with van der Waals surface area (Å²) in [6.45, 7) is 0. The van der Waals surface area contributed by atoms with Crippen molar-refractivity contribution in [2.24, 2.45) is 0 Å². The molecule has 18 heavy (non-hydrogen) atoms. The van der Waals surface area contributed by atoms with Crippen molar-refractivity contribution in [2.45, 2.75) is 0 Å². The highest BCUT2D eigenvalue weighted by molar-refractivity contribution is 6.00. The van der Waals surface area contributed by atoms with Crippen LogP contribution in [0.15, 0.2) is 16.5 Å². The van der Waals surface area contributed by atoms with Crippen molar-refractivity contribution in [3.8, 4) is 11.5 Å². The van der Waals surface area contributed by atoms with Crippen molar-refractivity contribution < 1.29 is 23.4 Å². The summed E-state index contributed by atoms with van der Waals surface area (Å²) < 4.78 is 20.3. The smallest absolute Gasteiger partial charge is 0.373 e. The summed E-state index contributed by atoms with van der Waals surface area (Å²) in [5, 5.41) is 0.577. The maximum absolute atomic E-state index is 11.4. The lowest BCUT2D eigenvalue weighted by Crippen LogP contribution is -1.98. The molecule has 2 rings (SSSR count). The van der Waals surface area contributed by atoms with Crippen molar-refractivity contribution in [1.82, 2.24) is 0 Å². The van der Waals surface area contributed by atoms with Gasteiger partial charge >= 0.3 is 5.97 Å². The van der Waals surface area contributed by atoms with Crippen LogP contribution in [0.25, 0.3) is 11.0 Å². The summed E-state index contributed by atoms with van der Waals surface area (Å²) in [6, 6.07) is 3.12. The maximum Gasteiger partial charge on any atom is 0.373 e. The molecule has 2 N–H and O–H groups in total. The van der Waals surface area contributed by atoms with E-state index in [0.29, 0.717) is 28.2 Å². The van der Waals surface area contributed by atoms with Crippen LogP contribution < -0.4 is 15.2 Å². The molecule has 6 heteroatoms. The van der Waals surface area contributed by atoms with E-state index in [1.54, 1.807) is 6.07 Å². The van der Waals surface area contributed by atoms with Crippen LogP contribution in [-0.4, -0.2) is 27.3 Å². The molecule has 0 fully saturated rings. The quantitative estimate of drug-likeness (QED) is 0.661.